The highest BCUT2D eigenvalue weighted by Gasteiger charge is 2.18. The van der Waals surface area contributed by atoms with Crippen LogP contribution in [0.4, 0.5) is 0 Å². The van der Waals surface area contributed by atoms with Crippen LogP contribution in [0.25, 0.3) is 0 Å². The van der Waals surface area contributed by atoms with Crippen LogP contribution >= 0.6 is 22.6 Å². The summed E-state index contributed by atoms with van der Waals surface area (Å²) in [7, 11) is 0. The van der Waals surface area contributed by atoms with Gasteiger partial charge in [-0.2, -0.15) is 0 Å². The van der Waals surface area contributed by atoms with E-state index in [4.69, 9.17) is 9.84 Å². The summed E-state index contributed by atoms with van der Waals surface area (Å²) in [5, 5.41) is 8.90. The number of ether oxygens (including phenoxy) is 1. The van der Waals surface area contributed by atoms with Gasteiger partial charge in [0, 0.05) is 0 Å². The first kappa shape index (κ1) is 11.7. The molecule has 16 heavy (non-hydrogen) atoms. The Bertz CT molecular complexity index is 397. The molecule has 0 heterocycles. The molecule has 0 saturated heterocycles. The van der Waals surface area contributed by atoms with E-state index in [9.17, 15) is 4.79 Å². The van der Waals surface area contributed by atoms with Crippen LogP contribution in [0.1, 0.15) is 36.0 Å². The number of aromatic carboxylic acids is 1. The van der Waals surface area contributed by atoms with Gasteiger partial charge in [-0.15, -0.1) is 0 Å². The van der Waals surface area contributed by atoms with Crippen molar-refractivity contribution >= 4 is 28.6 Å². The molecule has 1 aromatic rings. The van der Waals surface area contributed by atoms with E-state index < -0.39 is 5.97 Å². The fourth-order valence-corrected chi connectivity index (χ4v) is 2.38. The second-order valence-electron chi connectivity index (χ2n) is 3.97. The molecule has 4 heteroatoms. The van der Waals surface area contributed by atoms with Gasteiger partial charge in [-0.05, 0) is 66.5 Å². The quantitative estimate of drug-likeness (QED) is 0.864. The second-order valence-corrected chi connectivity index (χ2v) is 5.14. The molecule has 0 spiro atoms. The fraction of sp³-hybridized carbons (Fsp3) is 0.417. The van der Waals surface area contributed by atoms with E-state index in [0.29, 0.717) is 5.75 Å². The Hall–Kier alpha value is -0.780. The van der Waals surface area contributed by atoms with Crippen molar-refractivity contribution in [2.45, 2.75) is 31.8 Å². The Labute approximate surface area is 108 Å². The SMILES string of the molecule is O=C(O)c1ccc(I)c(OC2CCCC2)c1. The maximum Gasteiger partial charge on any atom is 0.335 e. The average molecular weight is 332 g/mol. The lowest BCUT2D eigenvalue weighted by Gasteiger charge is -2.14. The smallest absolute Gasteiger partial charge is 0.335 e. The molecule has 86 valence electrons. The van der Waals surface area contributed by atoms with Crippen molar-refractivity contribution in [3.8, 4) is 5.75 Å². The van der Waals surface area contributed by atoms with E-state index in [1.807, 2.05) is 0 Å². The summed E-state index contributed by atoms with van der Waals surface area (Å²) in [6, 6.07) is 5.00. The van der Waals surface area contributed by atoms with Crippen LogP contribution < -0.4 is 4.74 Å². The van der Waals surface area contributed by atoms with Crippen molar-refractivity contribution < 1.29 is 14.6 Å². The van der Waals surface area contributed by atoms with Gasteiger partial charge in [0.05, 0.1) is 15.2 Å². The Morgan fingerprint density at radius 1 is 1.38 bits per heavy atom. The van der Waals surface area contributed by atoms with Crippen molar-refractivity contribution in [3.05, 3.63) is 27.3 Å². The molecule has 1 saturated carbocycles. The number of carbonyl (C=O) groups is 1. The van der Waals surface area contributed by atoms with Crippen LogP contribution in [-0.2, 0) is 0 Å². The third-order valence-electron chi connectivity index (χ3n) is 2.77. The van der Waals surface area contributed by atoms with Crippen molar-refractivity contribution in [1.29, 1.82) is 0 Å². The molecule has 0 amide bonds. The Morgan fingerprint density at radius 3 is 2.69 bits per heavy atom. The highest BCUT2D eigenvalue weighted by molar-refractivity contribution is 14.1. The summed E-state index contributed by atoms with van der Waals surface area (Å²) in [4.78, 5) is 10.8. The summed E-state index contributed by atoms with van der Waals surface area (Å²) < 4.78 is 6.79. The maximum atomic E-state index is 10.8. The van der Waals surface area contributed by atoms with Gasteiger partial charge in [0.15, 0.2) is 0 Å². The third-order valence-corrected chi connectivity index (χ3v) is 3.67. The molecule has 0 radical (unpaired) electrons. The van der Waals surface area contributed by atoms with E-state index in [2.05, 4.69) is 22.6 Å². The molecule has 1 aromatic carbocycles. The molecule has 1 fully saturated rings. The number of rotatable bonds is 3. The first-order chi connectivity index (χ1) is 7.66. The molecule has 0 atom stereocenters. The molecular weight excluding hydrogens is 319 g/mol. The first-order valence-electron chi connectivity index (χ1n) is 5.36. The second kappa shape index (κ2) is 5.03. The minimum absolute atomic E-state index is 0.262. The zero-order chi connectivity index (χ0) is 11.5. The van der Waals surface area contributed by atoms with Gasteiger partial charge in [0.25, 0.3) is 0 Å². The van der Waals surface area contributed by atoms with Crippen LogP contribution in [0.15, 0.2) is 18.2 Å². The Morgan fingerprint density at radius 2 is 2.06 bits per heavy atom. The number of carboxylic acids is 1. The Kier molecular flexibility index (Phi) is 3.68. The zero-order valence-electron chi connectivity index (χ0n) is 8.78. The number of hydrogen-bond acceptors (Lipinski definition) is 2. The largest absolute Gasteiger partial charge is 0.489 e. The summed E-state index contributed by atoms with van der Waals surface area (Å²) in [5.74, 6) is -0.208. The van der Waals surface area contributed by atoms with Crippen LogP contribution in [0.5, 0.6) is 5.75 Å². The molecule has 1 N–H and O–H groups in total. The van der Waals surface area contributed by atoms with Gasteiger partial charge in [-0.25, -0.2) is 4.79 Å². The van der Waals surface area contributed by atoms with Crippen molar-refractivity contribution in [2.75, 3.05) is 0 Å². The topological polar surface area (TPSA) is 46.5 Å². The van der Waals surface area contributed by atoms with Crippen LogP contribution in [-0.4, -0.2) is 17.2 Å². The monoisotopic (exact) mass is 332 g/mol. The van der Waals surface area contributed by atoms with Crippen LogP contribution in [0.3, 0.4) is 0 Å². The number of hydrogen-bond donors (Lipinski definition) is 1. The van der Waals surface area contributed by atoms with Crippen molar-refractivity contribution in [1.82, 2.24) is 0 Å². The highest BCUT2D eigenvalue weighted by Crippen LogP contribution is 2.28. The standard InChI is InChI=1S/C12H13IO3/c13-10-6-5-8(12(14)15)7-11(10)16-9-3-1-2-4-9/h5-7,9H,1-4H2,(H,14,15). The van der Waals surface area contributed by atoms with Gasteiger partial charge in [-0.3, -0.25) is 0 Å². The minimum atomic E-state index is -0.910. The third kappa shape index (κ3) is 2.66. The minimum Gasteiger partial charge on any atom is -0.489 e. The number of carboxylic acid groups (broad SMARTS) is 1. The number of benzene rings is 1. The van der Waals surface area contributed by atoms with Crippen molar-refractivity contribution in [3.63, 3.8) is 0 Å². The van der Waals surface area contributed by atoms with E-state index in [0.717, 1.165) is 16.4 Å². The van der Waals surface area contributed by atoms with E-state index in [1.54, 1.807) is 18.2 Å². The maximum absolute atomic E-state index is 10.8. The fourth-order valence-electron chi connectivity index (χ4n) is 1.91. The first-order valence-corrected chi connectivity index (χ1v) is 6.44. The van der Waals surface area contributed by atoms with Gasteiger partial charge in [0.2, 0.25) is 0 Å². The number of halogens is 1. The molecule has 0 aliphatic heterocycles. The van der Waals surface area contributed by atoms with E-state index in [1.165, 1.54) is 12.8 Å². The lowest BCUT2D eigenvalue weighted by molar-refractivity contribution is 0.0696. The molecule has 0 unspecified atom stereocenters. The molecule has 2 rings (SSSR count). The summed E-state index contributed by atoms with van der Waals surface area (Å²) in [6.07, 6.45) is 4.83. The van der Waals surface area contributed by atoms with E-state index >= 15 is 0 Å². The lowest BCUT2D eigenvalue weighted by Crippen LogP contribution is -2.12. The molecule has 1 aliphatic rings. The predicted octanol–water partition coefficient (Wildman–Crippen LogP) is 3.31. The zero-order valence-corrected chi connectivity index (χ0v) is 10.9. The Balaban J connectivity index is 2.17. The molecular formula is C12H13IO3. The average Bonchev–Trinajstić information content (AvgIpc) is 2.73. The summed E-state index contributed by atoms with van der Waals surface area (Å²) >= 11 is 2.17. The van der Waals surface area contributed by atoms with Gasteiger partial charge >= 0.3 is 5.97 Å². The molecule has 1 aliphatic carbocycles. The summed E-state index contributed by atoms with van der Waals surface area (Å²) in [5.41, 5.74) is 0.286. The van der Waals surface area contributed by atoms with Crippen LogP contribution in [0.2, 0.25) is 0 Å². The lowest BCUT2D eigenvalue weighted by atomic mass is 10.2. The molecule has 0 bridgehead atoms. The normalized spacial score (nSPS) is 16.3. The predicted molar refractivity (Wildman–Crippen MR) is 69.0 cm³/mol. The molecule has 3 nitrogen and oxygen atoms in total. The van der Waals surface area contributed by atoms with Gasteiger partial charge in [0.1, 0.15) is 5.75 Å². The molecule has 0 aromatic heterocycles. The van der Waals surface area contributed by atoms with Crippen molar-refractivity contribution in [2.24, 2.45) is 0 Å². The van der Waals surface area contributed by atoms with Crippen LogP contribution in [0, 0.1) is 3.57 Å². The van der Waals surface area contributed by atoms with Gasteiger partial charge in [-0.1, -0.05) is 0 Å². The highest BCUT2D eigenvalue weighted by atomic mass is 127. The van der Waals surface area contributed by atoms with Gasteiger partial charge < -0.3 is 9.84 Å². The van der Waals surface area contributed by atoms with E-state index in [-0.39, 0.29) is 11.7 Å². The summed E-state index contributed by atoms with van der Waals surface area (Å²) in [6.45, 7) is 0.